The van der Waals surface area contributed by atoms with Crippen molar-refractivity contribution in [1.82, 2.24) is 4.90 Å². The third kappa shape index (κ3) is 4.18. The molecule has 1 heterocycles. The quantitative estimate of drug-likeness (QED) is 0.785. The van der Waals surface area contributed by atoms with E-state index < -0.39 is 35.0 Å². The summed E-state index contributed by atoms with van der Waals surface area (Å²) in [6, 6.07) is 8.66. The molecule has 0 aliphatic carbocycles. The average Bonchev–Trinajstić information content (AvgIpc) is 2.74. The van der Waals surface area contributed by atoms with Gasteiger partial charge in [-0.05, 0) is 40.2 Å². The molecule has 1 aliphatic rings. The van der Waals surface area contributed by atoms with E-state index in [2.05, 4.69) is 0 Å². The van der Waals surface area contributed by atoms with Gasteiger partial charge in [-0.2, -0.15) is 0 Å². The lowest BCUT2D eigenvalue weighted by Crippen LogP contribution is -2.46. The highest BCUT2D eigenvalue weighted by atomic mass is 16.6. The van der Waals surface area contributed by atoms with Crippen LogP contribution in [-0.2, 0) is 25.7 Å². The van der Waals surface area contributed by atoms with Crippen LogP contribution in [0.25, 0.3) is 0 Å². The van der Waals surface area contributed by atoms with Gasteiger partial charge >= 0.3 is 12.1 Å². The van der Waals surface area contributed by atoms with Crippen LogP contribution in [0.15, 0.2) is 30.3 Å². The number of nitrogens with zero attached hydrogens (tertiary/aromatic N) is 1. The lowest BCUT2D eigenvalue weighted by Gasteiger charge is -2.30. The van der Waals surface area contributed by atoms with Crippen LogP contribution in [0.4, 0.5) is 4.79 Å². The average molecular weight is 347 g/mol. The number of amides is 2. The second-order valence-electron chi connectivity index (χ2n) is 7.58. The van der Waals surface area contributed by atoms with Crippen molar-refractivity contribution in [3.63, 3.8) is 0 Å². The third-order valence-electron chi connectivity index (χ3n) is 4.37. The number of hydrogen-bond acceptors (Lipinski definition) is 5. The van der Waals surface area contributed by atoms with Gasteiger partial charge in [-0.1, -0.05) is 30.3 Å². The molecular weight excluding hydrogens is 322 g/mol. The largest absolute Gasteiger partial charge is 0.460 e. The molecule has 0 N–H and O–H groups in total. The zero-order chi connectivity index (χ0) is 18.8. The van der Waals surface area contributed by atoms with E-state index in [4.69, 9.17) is 9.47 Å². The topological polar surface area (TPSA) is 72.9 Å². The van der Waals surface area contributed by atoms with Crippen molar-refractivity contribution in [3.8, 4) is 0 Å². The van der Waals surface area contributed by atoms with E-state index >= 15 is 0 Å². The molecule has 1 aliphatic heterocycles. The van der Waals surface area contributed by atoms with Crippen molar-refractivity contribution >= 4 is 18.0 Å². The molecule has 0 saturated carbocycles. The zero-order valence-electron chi connectivity index (χ0n) is 15.4. The molecule has 1 saturated heterocycles. The number of imide groups is 1. The highest BCUT2D eigenvalue weighted by Crippen LogP contribution is 2.39. The van der Waals surface area contributed by atoms with Gasteiger partial charge in [0, 0.05) is 6.42 Å². The lowest BCUT2D eigenvalue weighted by atomic mass is 9.83. The van der Waals surface area contributed by atoms with Gasteiger partial charge in [0.15, 0.2) is 0 Å². The van der Waals surface area contributed by atoms with Crippen molar-refractivity contribution in [2.24, 2.45) is 5.41 Å². The Balaban J connectivity index is 2.08. The standard InChI is InChI=1S/C19H25NO5/c1-13-19(5,16(22)24-12-14-9-7-6-8-10-14)11-15(21)20(13)17(23)25-18(2,3)4/h6-10,13H,11-12H2,1-5H3/t13-,19-/m1/s1. The van der Waals surface area contributed by atoms with E-state index in [1.165, 1.54) is 0 Å². The summed E-state index contributed by atoms with van der Waals surface area (Å²) in [7, 11) is 0. The molecular formula is C19H25NO5. The summed E-state index contributed by atoms with van der Waals surface area (Å²) in [4.78, 5) is 38.2. The number of carbonyl (C=O) groups is 3. The van der Waals surface area contributed by atoms with E-state index in [0.717, 1.165) is 10.5 Å². The SMILES string of the molecule is C[C@H]1N(C(=O)OC(C)(C)C)C(=O)C[C@@]1(C)C(=O)OCc1ccccc1. The first-order valence-electron chi connectivity index (χ1n) is 8.31. The van der Waals surface area contributed by atoms with Gasteiger partial charge in [-0.15, -0.1) is 0 Å². The number of esters is 1. The van der Waals surface area contributed by atoms with Crippen molar-refractivity contribution in [2.45, 2.75) is 59.3 Å². The Kier molecular flexibility index (Phi) is 5.20. The van der Waals surface area contributed by atoms with Gasteiger partial charge in [-0.25, -0.2) is 9.69 Å². The molecule has 2 atom stereocenters. The Morgan fingerprint density at radius 2 is 1.84 bits per heavy atom. The fraction of sp³-hybridized carbons (Fsp3) is 0.526. The molecule has 1 aromatic rings. The van der Waals surface area contributed by atoms with Gasteiger partial charge < -0.3 is 9.47 Å². The third-order valence-corrected chi connectivity index (χ3v) is 4.37. The summed E-state index contributed by atoms with van der Waals surface area (Å²) in [5, 5.41) is 0. The molecule has 0 bridgehead atoms. The molecule has 1 fully saturated rings. The van der Waals surface area contributed by atoms with Crippen LogP contribution in [0, 0.1) is 5.41 Å². The van der Waals surface area contributed by atoms with Gasteiger partial charge in [0.25, 0.3) is 0 Å². The minimum Gasteiger partial charge on any atom is -0.460 e. The number of carbonyl (C=O) groups excluding carboxylic acids is 3. The van der Waals surface area contributed by atoms with Crippen LogP contribution in [0.3, 0.4) is 0 Å². The molecule has 2 rings (SSSR count). The van der Waals surface area contributed by atoms with Crippen LogP contribution in [0.2, 0.25) is 0 Å². The van der Waals surface area contributed by atoms with Crippen LogP contribution >= 0.6 is 0 Å². The first-order chi connectivity index (χ1) is 11.5. The summed E-state index contributed by atoms with van der Waals surface area (Å²) in [5.41, 5.74) is -0.951. The van der Waals surface area contributed by atoms with Crippen LogP contribution < -0.4 is 0 Å². The summed E-state index contributed by atoms with van der Waals surface area (Å²) in [6.07, 6.45) is -0.814. The summed E-state index contributed by atoms with van der Waals surface area (Å²) >= 11 is 0. The monoisotopic (exact) mass is 347 g/mol. The van der Waals surface area contributed by atoms with Gasteiger partial charge in [0.1, 0.15) is 12.2 Å². The van der Waals surface area contributed by atoms with Crippen molar-refractivity contribution < 1.29 is 23.9 Å². The molecule has 25 heavy (non-hydrogen) atoms. The minimum absolute atomic E-state index is 0.0823. The first kappa shape index (κ1) is 19.0. The lowest BCUT2D eigenvalue weighted by molar-refractivity contribution is -0.157. The van der Waals surface area contributed by atoms with E-state index in [1.807, 2.05) is 30.3 Å². The Morgan fingerprint density at radius 1 is 1.24 bits per heavy atom. The maximum atomic E-state index is 12.6. The molecule has 0 aromatic heterocycles. The second kappa shape index (κ2) is 6.86. The molecule has 2 amide bonds. The summed E-state index contributed by atoms with van der Waals surface area (Å²) in [5.74, 6) is -0.927. The molecule has 1 aromatic carbocycles. The number of ether oxygens (including phenoxy) is 2. The van der Waals surface area contributed by atoms with Gasteiger partial charge in [0.2, 0.25) is 5.91 Å². The van der Waals surface area contributed by atoms with Gasteiger partial charge in [0.05, 0.1) is 11.5 Å². The minimum atomic E-state index is -1.09. The Morgan fingerprint density at radius 3 is 2.40 bits per heavy atom. The molecule has 6 nitrogen and oxygen atoms in total. The summed E-state index contributed by atoms with van der Waals surface area (Å²) in [6.45, 7) is 8.62. The van der Waals surface area contributed by atoms with Crippen LogP contribution in [-0.4, -0.2) is 34.5 Å². The van der Waals surface area contributed by atoms with Gasteiger partial charge in [-0.3, -0.25) is 9.59 Å². The molecule has 0 spiro atoms. The maximum Gasteiger partial charge on any atom is 0.417 e. The number of hydrogen-bond donors (Lipinski definition) is 0. The first-order valence-corrected chi connectivity index (χ1v) is 8.31. The Bertz CT molecular complexity index is 664. The molecule has 6 heteroatoms. The molecule has 136 valence electrons. The van der Waals surface area contributed by atoms with Crippen molar-refractivity contribution in [2.75, 3.05) is 0 Å². The summed E-state index contributed by atoms with van der Waals surface area (Å²) < 4.78 is 10.7. The Hall–Kier alpha value is -2.37. The second-order valence-corrected chi connectivity index (χ2v) is 7.58. The number of rotatable bonds is 3. The smallest absolute Gasteiger partial charge is 0.417 e. The fourth-order valence-electron chi connectivity index (χ4n) is 2.75. The molecule has 0 unspecified atom stereocenters. The van der Waals surface area contributed by atoms with E-state index in [0.29, 0.717) is 0 Å². The van der Waals surface area contributed by atoms with Crippen LogP contribution in [0.5, 0.6) is 0 Å². The zero-order valence-corrected chi connectivity index (χ0v) is 15.4. The number of likely N-dealkylation sites (tertiary alicyclic amines) is 1. The number of benzene rings is 1. The van der Waals surface area contributed by atoms with Crippen molar-refractivity contribution in [1.29, 1.82) is 0 Å². The van der Waals surface area contributed by atoms with E-state index in [1.54, 1.807) is 34.6 Å². The van der Waals surface area contributed by atoms with Crippen molar-refractivity contribution in [3.05, 3.63) is 35.9 Å². The van der Waals surface area contributed by atoms with E-state index in [9.17, 15) is 14.4 Å². The maximum absolute atomic E-state index is 12.6. The normalized spacial score (nSPS) is 23.5. The van der Waals surface area contributed by atoms with E-state index in [-0.39, 0.29) is 13.0 Å². The van der Waals surface area contributed by atoms with Crippen LogP contribution in [0.1, 0.15) is 46.6 Å². The molecule has 0 radical (unpaired) electrons. The predicted octanol–water partition coefficient (Wildman–Crippen LogP) is 3.29. The highest BCUT2D eigenvalue weighted by molar-refractivity contribution is 5.99. The fourth-order valence-corrected chi connectivity index (χ4v) is 2.75. The Labute approximate surface area is 148 Å². The highest BCUT2D eigenvalue weighted by Gasteiger charge is 2.55. The predicted molar refractivity (Wildman–Crippen MR) is 91.5 cm³/mol.